The van der Waals surface area contributed by atoms with Crippen LogP contribution in [0.3, 0.4) is 0 Å². The lowest BCUT2D eigenvalue weighted by Crippen LogP contribution is -2.28. The molecular weight excluding hydrogens is 360 g/mol. The Morgan fingerprint density at radius 3 is 2.78 bits per heavy atom. The monoisotopic (exact) mass is 380 g/mol. The number of aromatic nitrogens is 2. The number of nitrogens with zero attached hydrogens (tertiary/aromatic N) is 2. The van der Waals surface area contributed by atoms with Crippen molar-refractivity contribution in [3.8, 4) is 11.3 Å². The van der Waals surface area contributed by atoms with Gasteiger partial charge >= 0.3 is 0 Å². The van der Waals surface area contributed by atoms with E-state index in [1.54, 1.807) is 18.2 Å². The molecule has 2 heterocycles. The maximum atomic E-state index is 11.8. The van der Waals surface area contributed by atoms with E-state index in [0.717, 1.165) is 29.7 Å². The van der Waals surface area contributed by atoms with Crippen molar-refractivity contribution in [2.24, 2.45) is 5.92 Å². The summed E-state index contributed by atoms with van der Waals surface area (Å²) in [5.74, 6) is 0.0122. The fourth-order valence-electron chi connectivity index (χ4n) is 4.67. The predicted octanol–water partition coefficient (Wildman–Crippen LogP) is 3.15. The molecule has 5 nitrogen and oxygen atoms in total. The van der Waals surface area contributed by atoms with Crippen LogP contribution in [0.15, 0.2) is 59.9 Å². The van der Waals surface area contributed by atoms with Gasteiger partial charge in [-0.2, -0.15) is 0 Å². The van der Waals surface area contributed by atoms with Crippen molar-refractivity contribution in [2.75, 3.05) is 6.26 Å². The zero-order chi connectivity index (χ0) is 18.8. The molecule has 3 aromatic rings. The molecule has 0 spiro atoms. The van der Waals surface area contributed by atoms with Gasteiger partial charge in [0.15, 0.2) is 9.84 Å². The molecule has 1 aromatic heterocycles. The van der Waals surface area contributed by atoms with Crippen LogP contribution in [0.2, 0.25) is 0 Å². The Hall–Kier alpha value is -2.44. The highest BCUT2D eigenvalue weighted by Crippen LogP contribution is 2.49. The first-order chi connectivity index (χ1) is 12.9. The number of aryl methyl sites for hydroxylation is 1. The van der Waals surface area contributed by atoms with Gasteiger partial charge in [-0.1, -0.05) is 30.3 Å². The Balaban J connectivity index is 1.57. The summed E-state index contributed by atoms with van der Waals surface area (Å²) in [6.07, 6.45) is 5.83. The maximum Gasteiger partial charge on any atom is 0.175 e. The van der Waals surface area contributed by atoms with E-state index in [4.69, 9.17) is 0 Å². The Morgan fingerprint density at radius 2 is 1.96 bits per heavy atom. The second-order valence-electron chi connectivity index (χ2n) is 7.50. The lowest BCUT2D eigenvalue weighted by Gasteiger charge is -2.35. The predicted molar refractivity (Wildman–Crippen MR) is 102 cm³/mol. The molecule has 0 amide bonds. The van der Waals surface area contributed by atoms with Crippen LogP contribution in [-0.4, -0.2) is 29.3 Å². The van der Waals surface area contributed by atoms with Gasteiger partial charge in [0.05, 0.1) is 35.3 Å². The topological polar surface area (TPSA) is 72.2 Å². The molecule has 0 fully saturated rings. The van der Waals surface area contributed by atoms with Crippen LogP contribution in [-0.2, 0) is 16.3 Å². The number of imidazole rings is 1. The van der Waals surface area contributed by atoms with Gasteiger partial charge in [-0.05, 0) is 41.7 Å². The molecule has 138 valence electrons. The summed E-state index contributed by atoms with van der Waals surface area (Å²) in [5, 5.41) is 11.2. The molecule has 1 unspecified atom stereocenters. The van der Waals surface area contributed by atoms with Crippen LogP contribution in [0.1, 0.15) is 35.3 Å². The highest BCUT2D eigenvalue weighted by atomic mass is 32.2. The van der Waals surface area contributed by atoms with Crippen molar-refractivity contribution in [1.82, 2.24) is 9.55 Å². The van der Waals surface area contributed by atoms with Gasteiger partial charge < -0.3 is 9.67 Å². The third-order valence-electron chi connectivity index (χ3n) is 5.94. The van der Waals surface area contributed by atoms with E-state index < -0.39 is 15.9 Å². The minimum Gasteiger partial charge on any atom is -0.388 e. The van der Waals surface area contributed by atoms with Crippen molar-refractivity contribution in [1.29, 1.82) is 0 Å². The summed E-state index contributed by atoms with van der Waals surface area (Å²) >= 11 is 0. The Kier molecular flexibility index (Phi) is 3.58. The Labute approximate surface area is 158 Å². The van der Waals surface area contributed by atoms with Crippen LogP contribution < -0.4 is 0 Å². The lowest BCUT2D eigenvalue weighted by atomic mass is 9.76. The van der Waals surface area contributed by atoms with Crippen LogP contribution in [0.5, 0.6) is 0 Å². The largest absolute Gasteiger partial charge is 0.388 e. The minimum atomic E-state index is -3.25. The first kappa shape index (κ1) is 16.7. The van der Waals surface area contributed by atoms with Crippen LogP contribution >= 0.6 is 0 Å². The number of sulfone groups is 1. The fraction of sp³-hybridized carbons (Fsp3) is 0.286. The zero-order valence-corrected chi connectivity index (χ0v) is 15.7. The number of rotatable bonds is 2. The van der Waals surface area contributed by atoms with Crippen molar-refractivity contribution < 1.29 is 13.5 Å². The molecular formula is C21H20N2O3S. The summed E-state index contributed by atoms with van der Waals surface area (Å²) in [7, 11) is -3.25. The van der Waals surface area contributed by atoms with E-state index in [9.17, 15) is 13.5 Å². The molecule has 0 bridgehead atoms. The second-order valence-corrected chi connectivity index (χ2v) is 9.51. The smallest absolute Gasteiger partial charge is 0.175 e. The van der Waals surface area contributed by atoms with Crippen LogP contribution in [0.25, 0.3) is 11.3 Å². The van der Waals surface area contributed by atoms with E-state index in [1.807, 2.05) is 24.7 Å². The maximum absolute atomic E-state index is 11.8. The Morgan fingerprint density at radius 1 is 1.15 bits per heavy atom. The van der Waals surface area contributed by atoms with Gasteiger partial charge in [0, 0.05) is 17.7 Å². The lowest BCUT2D eigenvalue weighted by molar-refractivity contribution is 0.0719. The van der Waals surface area contributed by atoms with E-state index in [0.29, 0.717) is 4.90 Å². The number of fused-ring (bicyclic) bond motifs is 4. The quantitative estimate of drug-likeness (QED) is 0.741. The zero-order valence-electron chi connectivity index (χ0n) is 14.9. The van der Waals surface area contributed by atoms with Crippen molar-refractivity contribution in [3.63, 3.8) is 0 Å². The van der Waals surface area contributed by atoms with E-state index in [1.165, 1.54) is 17.4 Å². The highest BCUT2D eigenvalue weighted by Gasteiger charge is 2.40. The standard InChI is InChI=1S/C21H20N2O3S/c1-27(25,26)14-7-9-15-13(10-14)6-8-18(21(15)24)20-17-5-3-2-4-16(17)19-11-22-12-23(19)20/h2-5,7,9-12,18,20-21,24H,6,8H2,1H3/t18-,20?,21-/m0/s1. The third-order valence-corrected chi connectivity index (χ3v) is 7.05. The molecule has 0 saturated heterocycles. The van der Waals surface area contributed by atoms with Crippen LogP contribution in [0.4, 0.5) is 0 Å². The van der Waals surface area contributed by atoms with Crippen molar-refractivity contribution >= 4 is 9.84 Å². The van der Waals surface area contributed by atoms with Crippen LogP contribution in [0, 0.1) is 5.92 Å². The average molecular weight is 380 g/mol. The molecule has 2 aliphatic rings. The second kappa shape index (κ2) is 5.78. The van der Waals surface area contributed by atoms with Gasteiger partial charge in [-0.3, -0.25) is 0 Å². The first-order valence-corrected chi connectivity index (χ1v) is 11.0. The molecule has 1 N–H and O–H groups in total. The average Bonchev–Trinajstić information content (AvgIpc) is 3.22. The number of hydrogen-bond donors (Lipinski definition) is 1. The SMILES string of the molecule is CS(=O)(=O)c1ccc2c(c1)CC[C@@H](C1c3ccccc3-c3cncn31)[C@H]2O. The molecule has 2 aromatic carbocycles. The van der Waals surface area contributed by atoms with E-state index >= 15 is 0 Å². The molecule has 0 radical (unpaired) electrons. The number of hydrogen-bond acceptors (Lipinski definition) is 4. The molecule has 1 aliphatic heterocycles. The summed E-state index contributed by atoms with van der Waals surface area (Å²) in [6, 6.07) is 13.4. The number of aliphatic hydroxyl groups excluding tert-OH is 1. The fourth-order valence-corrected chi connectivity index (χ4v) is 5.34. The van der Waals surface area contributed by atoms with Gasteiger partial charge in [0.25, 0.3) is 0 Å². The van der Waals surface area contributed by atoms with E-state index in [-0.39, 0.29) is 12.0 Å². The molecule has 3 atom stereocenters. The van der Waals surface area contributed by atoms with Crippen molar-refractivity contribution in [2.45, 2.75) is 29.9 Å². The van der Waals surface area contributed by atoms with Gasteiger partial charge in [-0.25, -0.2) is 13.4 Å². The summed E-state index contributed by atoms with van der Waals surface area (Å²) in [5.41, 5.74) is 5.24. The van der Waals surface area contributed by atoms with Crippen molar-refractivity contribution in [3.05, 3.63) is 71.7 Å². The van der Waals surface area contributed by atoms with Gasteiger partial charge in [-0.15, -0.1) is 0 Å². The highest BCUT2D eigenvalue weighted by molar-refractivity contribution is 7.90. The van der Waals surface area contributed by atoms with Gasteiger partial charge in [0.2, 0.25) is 0 Å². The molecule has 27 heavy (non-hydrogen) atoms. The summed E-state index contributed by atoms with van der Waals surface area (Å²) in [4.78, 5) is 4.63. The number of aliphatic hydroxyl groups is 1. The molecule has 6 heteroatoms. The first-order valence-electron chi connectivity index (χ1n) is 9.07. The third kappa shape index (κ3) is 2.47. The summed E-state index contributed by atoms with van der Waals surface area (Å²) < 4.78 is 25.9. The Bertz CT molecular complexity index is 1150. The van der Waals surface area contributed by atoms with Gasteiger partial charge in [0.1, 0.15) is 0 Å². The normalized spacial score (nSPS) is 23.6. The molecule has 0 saturated carbocycles. The minimum absolute atomic E-state index is 0.0122. The molecule has 1 aliphatic carbocycles. The summed E-state index contributed by atoms with van der Waals surface area (Å²) in [6.45, 7) is 0. The van der Waals surface area contributed by atoms with E-state index in [2.05, 4.69) is 21.7 Å². The molecule has 5 rings (SSSR count). The number of benzene rings is 2.